The summed E-state index contributed by atoms with van der Waals surface area (Å²) >= 11 is 0. The van der Waals surface area contributed by atoms with Crippen LogP contribution < -0.4 is 16.2 Å². The standard InChI is InChI=1S/C21H27N5O2/c1-21(2)17-18(24-11-25-20(17)23)15-9-8-14(27-3)10-16(15)19(21)26-28-13-6-4-12(22)5-7-13/h8-13H,4-7,22H2,1-3H3,(H2,23,24,25)/b26-19+/t12-,13-. The molecule has 4 N–H and O–H groups in total. The van der Waals surface area contributed by atoms with Crippen molar-refractivity contribution >= 4 is 11.5 Å². The average Bonchev–Trinajstić information content (AvgIpc) is 2.68. The van der Waals surface area contributed by atoms with E-state index in [-0.39, 0.29) is 12.1 Å². The lowest BCUT2D eigenvalue weighted by Crippen LogP contribution is -2.37. The second-order valence-corrected chi connectivity index (χ2v) is 8.10. The van der Waals surface area contributed by atoms with Gasteiger partial charge in [-0.3, -0.25) is 0 Å². The summed E-state index contributed by atoms with van der Waals surface area (Å²) in [5, 5.41) is 4.65. The summed E-state index contributed by atoms with van der Waals surface area (Å²) in [6, 6.07) is 6.16. The maximum atomic E-state index is 6.26. The Balaban J connectivity index is 1.81. The normalized spacial score (nSPS) is 24.4. The highest BCUT2D eigenvalue weighted by Crippen LogP contribution is 2.45. The molecule has 1 heterocycles. The van der Waals surface area contributed by atoms with Crippen molar-refractivity contribution in [1.29, 1.82) is 0 Å². The third-order valence-corrected chi connectivity index (χ3v) is 5.84. The first-order valence-corrected chi connectivity index (χ1v) is 9.71. The van der Waals surface area contributed by atoms with Crippen LogP contribution in [0.5, 0.6) is 5.75 Å². The summed E-state index contributed by atoms with van der Waals surface area (Å²) in [6.07, 6.45) is 5.36. The summed E-state index contributed by atoms with van der Waals surface area (Å²) in [4.78, 5) is 14.7. The molecule has 2 aromatic rings. The van der Waals surface area contributed by atoms with Crippen LogP contribution in [0, 0.1) is 0 Å². The third kappa shape index (κ3) is 3.09. The Morgan fingerprint density at radius 3 is 2.57 bits per heavy atom. The van der Waals surface area contributed by atoms with Gasteiger partial charge in [0.1, 0.15) is 24.0 Å². The number of aromatic nitrogens is 2. The number of ether oxygens (including phenoxy) is 1. The lowest BCUT2D eigenvalue weighted by Gasteiger charge is -2.35. The van der Waals surface area contributed by atoms with E-state index in [0.717, 1.165) is 59.5 Å². The van der Waals surface area contributed by atoms with Crippen LogP contribution in [0.4, 0.5) is 5.82 Å². The third-order valence-electron chi connectivity index (χ3n) is 5.84. The molecule has 1 aromatic heterocycles. The zero-order chi connectivity index (χ0) is 19.9. The van der Waals surface area contributed by atoms with Crippen molar-refractivity contribution in [1.82, 2.24) is 9.97 Å². The van der Waals surface area contributed by atoms with Crippen LogP contribution in [0.25, 0.3) is 11.3 Å². The number of oxime groups is 1. The van der Waals surface area contributed by atoms with Gasteiger partial charge in [0, 0.05) is 28.1 Å². The van der Waals surface area contributed by atoms with Gasteiger partial charge in [-0.25, -0.2) is 9.97 Å². The van der Waals surface area contributed by atoms with E-state index >= 15 is 0 Å². The highest BCUT2D eigenvalue weighted by Gasteiger charge is 2.41. The molecule has 0 saturated heterocycles. The second-order valence-electron chi connectivity index (χ2n) is 8.10. The van der Waals surface area contributed by atoms with Gasteiger partial charge in [-0.2, -0.15) is 0 Å². The molecule has 0 unspecified atom stereocenters. The first-order chi connectivity index (χ1) is 13.4. The van der Waals surface area contributed by atoms with E-state index in [9.17, 15) is 0 Å². The maximum absolute atomic E-state index is 6.26. The van der Waals surface area contributed by atoms with Crippen LogP contribution in [0.15, 0.2) is 29.7 Å². The minimum atomic E-state index is -0.509. The Bertz CT molecular complexity index is 917. The largest absolute Gasteiger partial charge is 0.497 e. The predicted octanol–water partition coefficient (Wildman–Crippen LogP) is 3.02. The first kappa shape index (κ1) is 18.7. The number of hydrogen-bond donors (Lipinski definition) is 2. The van der Waals surface area contributed by atoms with E-state index in [2.05, 4.69) is 29.0 Å². The highest BCUT2D eigenvalue weighted by molar-refractivity contribution is 6.15. The summed E-state index contributed by atoms with van der Waals surface area (Å²) in [5.74, 6) is 1.23. The Hall–Kier alpha value is -2.67. The molecule has 1 aromatic carbocycles. The van der Waals surface area contributed by atoms with Gasteiger partial charge in [0.05, 0.1) is 18.5 Å². The van der Waals surface area contributed by atoms with Gasteiger partial charge in [0.15, 0.2) is 0 Å². The first-order valence-electron chi connectivity index (χ1n) is 9.71. The topological polar surface area (TPSA) is 109 Å². The van der Waals surface area contributed by atoms with Crippen LogP contribution in [0.2, 0.25) is 0 Å². The number of benzene rings is 1. The number of hydrogen-bond acceptors (Lipinski definition) is 7. The van der Waals surface area contributed by atoms with Crippen LogP contribution >= 0.6 is 0 Å². The monoisotopic (exact) mass is 381 g/mol. The molecule has 1 fully saturated rings. The Morgan fingerprint density at radius 2 is 1.86 bits per heavy atom. The van der Waals surface area contributed by atoms with Crippen LogP contribution in [-0.2, 0) is 10.3 Å². The van der Waals surface area contributed by atoms with E-state index in [4.69, 9.17) is 21.0 Å². The number of nitrogens with two attached hydrogens (primary N) is 2. The predicted molar refractivity (Wildman–Crippen MR) is 109 cm³/mol. The molecule has 0 atom stereocenters. The van der Waals surface area contributed by atoms with Crippen LogP contribution in [0.1, 0.15) is 50.7 Å². The lowest BCUT2D eigenvalue weighted by atomic mass is 9.70. The second kappa shape index (κ2) is 7.05. The summed E-state index contributed by atoms with van der Waals surface area (Å²) < 4.78 is 5.45. The molecule has 0 aliphatic heterocycles. The van der Waals surface area contributed by atoms with E-state index < -0.39 is 5.41 Å². The fourth-order valence-corrected chi connectivity index (χ4v) is 4.21. The van der Waals surface area contributed by atoms with Crippen molar-refractivity contribution in [3.63, 3.8) is 0 Å². The van der Waals surface area contributed by atoms with Crippen LogP contribution in [-0.4, -0.2) is 34.9 Å². The molecule has 2 aliphatic carbocycles. The van der Waals surface area contributed by atoms with Crippen molar-refractivity contribution in [2.24, 2.45) is 10.9 Å². The van der Waals surface area contributed by atoms with Crippen LogP contribution in [0.3, 0.4) is 0 Å². The number of nitrogen functional groups attached to an aromatic ring is 1. The molecule has 4 rings (SSSR count). The van der Waals surface area contributed by atoms with Gasteiger partial charge in [-0.05, 0) is 57.7 Å². The quantitative estimate of drug-likeness (QED) is 0.791. The average molecular weight is 381 g/mol. The fourth-order valence-electron chi connectivity index (χ4n) is 4.21. The number of nitrogens with zero attached hydrogens (tertiary/aromatic N) is 3. The van der Waals surface area contributed by atoms with Gasteiger partial charge in [0.25, 0.3) is 0 Å². The number of anilines is 1. The van der Waals surface area contributed by atoms with Crippen molar-refractivity contribution in [3.05, 3.63) is 35.7 Å². The smallest absolute Gasteiger partial charge is 0.131 e. The molecule has 7 nitrogen and oxygen atoms in total. The van der Waals surface area contributed by atoms with Crippen molar-refractivity contribution < 1.29 is 9.57 Å². The van der Waals surface area contributed by atoms with Gasteiger partial charge in [-0.1, -0.05) is 5.16 Å². The molecule has 148 valence electrons. The summed E-state index contributed by atoms with van der Waals surface area (Å²) in [5.41, 5.74) is 16.2. The Labute approximate surface area is 165 Å². The minimum Gasteiger partial charge on any atom is -0.497 e. The zero-order valence-electron chi connectivity index (χ0n) is 16.6. The fraction of sp³-hybridized carbons (Fsp3) is 0.476. The number of methoxy groups -OCH3 is 1. The lowest BCUT2D eigenvalue weighted by molar-refractivity contribution is 0.0286. The maximum Gasteiger partial charge on any atom is 0.131 e. The van der Waals surface area contributed by atoms with Gasteiger partial charge >= 0.3 is 0 Å². The molecule has 1 saturated carbocycles. The zero-order valence-corrected chi connectivity index (χ0v) is 16.6. The van der Waals surface area contributed by atoms with Gasteiger partial charge in [-0.15, -0.1) is 0 Å². The molecule has 7 heteroatoms. The van der Waals surface area contributed by atoms with E-state index in [0.29, 0.717) is 5.82 Å². The highest BCUT2D eigenvalue weighted by atomic mass is 16.6. The Morgan fingerprint density at radius 1 is 1.11 bits per heavy atom. The van der Waals surface area contributed by atoms with Crippen molar-refractivity contribution in [2.45, 2.75) is 57.1 Å². The van der Waals surface area contributed by atoms with Crippen molar-refractivity contribution in [2.75, 3.05) is 12.8 Å². The molecular formula is C21H27N5O2. The molecular weight excluding hydrogens is 354 g/mol. The number of fused-ring (bicyclic) bond motifs is 3. The Kier molecular flexibility index (Phi) is 4.71. The molecule has 28 heavy (non-hydrogen) atoms. The van der Waals surface area contributed by atoms with E-state index in [1.807, 2.05) is 18.2 Å². The molecule has 0 bridgehead atoms. The number of rotatable bonds is 3. The molecule has 0 spiro atoms. The minimum absolute atomic E-state index is 0.0860. The SMILES string of the molecule is COc1ccc2c(c1)/C(=N\O[C@H]1CC[C@H](N)CC1)C(C)(C)c1c(N)ncnc1-2. The van der Waals surface area contributed by atoms with E-state index in [1.54, 1.807) is 7.11 Å². The summed E-state index contributed by atoms with van der Waals surface area (Å²) in [6.45, 7) is 4.15. The van der Waals surface area contributed by atoms with Gasteiger partial charge < -0.3 is 21.0 Å². The van der Waals surface area contributed by atoms with E-state index in [1.165, 1.54) is 6.33 Å². The summed E-state index contributed by atoms with van der Waals surface area (Å²) in [7, 11) is 1.66. The molecule has 0 radical (unpaired) electrons. The van der Waals surface area contributed by atoms with Gasteiger partial charge in [0.2, 0.25) is 0 Å². The molecule has 2 aliphatic rings. The molecule has 0 amide bonds. The van der Waals surface area contributed by atoms with Crippen molar-refractivity contribution in [3.8, 4) is 17.0 Å².